The summed E-state index contributed by atoms with van der Waals surface area (Å²) in [4.78, 5) is 12.8. The van der Waals surface area contributed by atoms with E-state index < -0.39 is 16.1 Å². The maximum Gasteiger partial charge on any atom is 0.261 e. The highest BCUT2D eigenvalue weighted by Gasteiger charge is 2.30. The Balaban J connectivity index is 1.58. The number of nitrogens with one attached hydrogen (secondary N) is 1. The zero-order valence-electron chi connectivity index (χ0n) is 17.5. The van der Waals surface area contributed by atoms with Gasteiger partial charge in [-0.3, -0.25) is 4.79 Å². The van der Waals surface area contributed by atoms with Gasteiger partial charge in [0.2, 0.25) is 10.0 Å². The van der Waals surface area contributed by atoms with Crippen molar-refractivity contribution in [2.24, 2.45) is 11.8 Å². The van der Waals surface area contributed by atoms with Gasteiger partial charge in [0.25, 0.3) is 5.91 Å². The molecule has 4 atom stereocenters. The van der Waals surface area contributed by atoms with Gasteiger partial charge in [-0.2, -0.15) is 4.31 Å². The van der Waals surface area contributed by atoms with Crippen LogP contribution in [0.2, 0.25) is 0 Å². The van der Waals surface area contributed by atoms with Crippen molar-refractivity contribution in [1.29, 1.82) is 0 Å². The van der Waals surface area contributed by atoms with Crippen LogP contribution >= 0.6 is 0 Å². The van der Waals surface area contributed by atoms with Crippen molar-refractivity contribution in [1.82, 2.24) is 9.62 Å². The number of hydrogen-bond donors (Lipinski definition) is 1. The van der Waals surface area contributed by atoms with Gasteiger partial charge in [0.15, 0.2) is 6.10 Å². The second-order valence-corrected chi connectivity index (χ2v) is 10.1. The van der Waals surface area contributed by atoms with Crippen molar-refractivity contribution < 1.29 is 22.7 Å². The lowest BCUT2D eigenvalue weighted by Gasteiger charge is -2.35. The van der Waals surface area contributed by atoms with Crippen molar-refractivity contribution in [3.63, 3.8) is 0 Å². The summed E-state index contributed by atoms with van der Waals surface area (Å²) in [6, 6.07) is 6.43. The molecule has 3 rings (SSSR count). The lowest BCUT2D eigenvalue weighted by atomic mass is 9.78. The molecule has 0 radical (unpaired) electrons. The van der Waals surface area contributed by atoms with Gasteiger partial charge < -0.3 is 14.8 Å². The summed E-state index contributed by atoms with van der Waals surface area (Å²) in [5, 5.41) is 3.12. The van der Waals surface area contributed by atoms with Crippen LogP contribution in [0.3, 0.4) is 0 Å². The van der Waals surface area contributed by atoms with Crippen molar-refractivity contribution in [3.05, 3.63) is 24.3 Å². The predicted octanol–water partition coefficient (Wildman–Crippen LogP) is 2.42. The summed E-state index contributed by atoms with van der Waals surface area (Å²) < 4.78 is 37.7. The predicted molar refractivity (Wildman–Crippen MR) is 110 cm³/mol. The van der Waals surface area contributed by atoms with E-state index in [9.17, 15) is 13.2 Å². The standard InChI is InChI=1S/C21H32N2O5S/c1-15-5-4-6-20(16(15)2)22-21(24)17(3)28-18-7-9-19(10-8-18)29(25,26)23-11-13-27-14-12-23/h7-10,15-17,20H,4-6,11-14H2,1-3H3,(H,22,24)/t15-,16-,17-,20-/m1/s1. The van der Waals surface area contributed by atoms with E-state index >= 15 is 0 Å². The molecule has 1 heterocycles. The minimum Gasteiger partial charge on any atom is -0.481 e. The van der Waals surface area contributed by atoms with Crippen molar-refractivity contribution >= 4 is 15.9 Å². The Morgan fingerprint density at radius 3 is 2.48 bits per heavy atom. The molecule has 0 spiro atoms. The van der Waals surface area contributed by atoms with Gasteiger partial charge >= 0.3 is 0 Å². The van der Waals surface area contributed by atoms with Gasteiger partial charge in [-0.15, -0.1) is 0 Å². The molecule has 1 aliphatic carbocycles. The van der Waals surface area contributed by atoms with E-state index in [1.807, 2.05) is 0 Å². The normalized spacial score (nSPS) is 27.2. The molecule has 0 bridgehead atoms. The number of hydrogen-bond acceptors (Lipinski definition) is 5. The highest BCUT2D eigenvalue weighted by Crippen LogP contribution is 2.29. The smallest absolute Gasteiger partial charge is 0.261 e. The number of rotatable bonds is 6. The van der Waals surface area contributed by atoms with E-state index in [0.717, 1.165) is 12.8 Å². The van der Waals surface area contributed by atoms with Gasteiger partial charge in [-0.1, -0.05) is 26.7 Å². The molecule has 1 aromatic carbocycles. The van der Waals surface area contributed by atoms with E-state index in [1.54, 1.807) is 19.1 Å². The Bertz CT molecular complexity index is 790. The Hall–Kier alpha value is -1.64. The first-order valence-electron chi connectivity index (χ1n) is 10.4. The molecule has 0 aromatic heterocycles. The lowest BCUT2D eigenvalue weighted by Crippen LogP contribution is -2.48. The molecule has 1 aromatic rings. The number of morpholine rings is 1. The third-order valence-electron chi connectivity index (χ3n) is 6.15. The fraction of sp³-hybridized carbons (Fsp3) is 0.667. The van der Waals surface area contributed by atoms with Crippen LogP contribution in [0.1, 0.15) is 40.0 Å². The van der Waals surface area contributed by atoms with Crippen LogP contribution in [-0.2, 0) is 19.6 Å². The van der Waals surface area contributed by atoms with Crippen LogP contribution < -0.4 is 10.1 Å². The molecular weight excluding hydrogens is 392 g/mol. The molecule has 1 saturated heterocycles. The second-order valence-electron chi connectivity index (χ2n) is 8.13. The molecule has 0 unspecified atom stereocenters. The largest absolute Gasteiger partial charge is 0.481 e. The van der Waals surface area contributed by atoms with Gasteiger partial charge in [-0.25, -0.2) is 8.42 Å². The Labute approximate surface area is 173 Å². The quantitative estimate of drug-likeness (QED) is 0.758. The third kappa shape index (κ3) is 5.29. The number of nitrogens with zero attached hydrogens (tertiary/aromatic N) is 1. The van der Waals surface area contributed by atoms with E-state index in [2.05, 4.69) is 19.2 Å². The monoisotopic (exact) mass is 424 g/mol. The number of carbonyl (C=O) groups excluding carboxylic acids is 1. The van der Waals surface area contributed by atoms with Crippen molar-refractivity contribution in [2.45, 2.75) is 57.1 Å². The summed E-state index contributed by atoms with van der Waals surface area (Å²) in [5.74, 6) is 1.38. The molecule has 8 heteroatoms. The van der Waals surface area contributed by atoms with Crippen LogP contribution in [0.5, 0.6) is 5.75 Å². The Morgan fingerprint density at radius 2 is 1.83 bits per heavy atom. The molecule has 2 aliphatic rings. The second kappa shape index (κ2) is 9.45. The molecule has 29 heavy (non-hydrogen) atoms. The summed E-state index contributed by atoms with van der Waals surface area (Å²) >= 11 is 0. The average molecular weight is 425 g/mol. The average Bonchev–Trinajstić information content (AvgIpc) is 2.72. The molecule has 1 N–H and O–H groups in total. The van der Waals surface area contributed by atoms with Crippen LogP contribution in [0, 0.1) is 11.8 Å². The fourth-order valence-electron chi connectivity index (χ4n) is 3.97. The molecule has 7 nitrogen and oxygen atoms in total. The van der Waals surface area contributed by atoms with Gasteiger partial charge in [0, 0.05) is 19.1 Å². The number of ether oxygens (including phenoxy) is 2. The van der Waals surface area contributed by atoms with Crippen LogP contribution in [-0.4, -0.2) is 57.1 Å². The minimum atomic E-state index is -3.54. The highest BCUT2D eigenvalue weighted by molar-refractivity contribution is 7.89. The summed E-state index contributed by atoms with van der Waals surface area (Å²) in [7, 11) is -3.54. The van der Waals surface area contributed by atoms with Crippen LogP contribution in [0.15, 0.2) is 29.2 Å². The Morgan fingerprint density at radius 1 is 1.17 bits per heavy atom. The van der Waals surface area contributed by atoms with E-state index in [-0.39, 0.29) is 16.8 Å². The molecule has 1 aliphatic heterocycles. The molecule has 1 saturated carbocycles. The van der Waals surface area contributed by atoms with Gasteiger partial charge in [0.1, 0.15) is 5.75 Å². The van der Waals surface area contributed by atoms with Crippen LogP contribution in [0.25, 0.3) is 0 Å². The minimum absolute atomic E-state index is 0.138. The lowest BCUT2D eigenvalue weighted by molar-refractivity contribution is -0.128. The Kier molecular flexibility index (Phi) is 7.19. The van der Waals surface area contributed by atoms with E-state index in [1.165, 1.54) is 22.9 Å². The number of sulfonamides is 1. The summed E-state index contributed by atoms with van der Waals surface area (Å²) in [6.07, 6.45) is 2.68. The molecule has 162 valence electrons. The molecule has 2 fully saturated rings. The van der Waals surface area contributed by atoms with Crippen molar-refractivity contribution in [2.75, 3.05) is 26.3 Å². The molecular formula is C21H32N2O5S. The maximum atomic E-state index is 12.7. The maximum absolute atomic E-state index is 12.7. The molecule has 1 amide bonds. The summed E-state index contributed by atoms with van der Waals surface area (Å²) in [5.41, 5.74) is 0. The topological polar surface area (TPSA) is 84.9 Å². The number of amides is 1. The SMILES string of the molecule is C[C@@H]1[C@H](C)CCC[C@H]1NC(=O)[C@@H](C)Oc1ccc(S(=O)(=O)N2CCOCC2)cc1. The zero-order chi connectivity index (χ0) is 21.0. The first-order valence-corrected chi connectivity index (χ1v) is 11.9. The van der Waals surface area contributed by atoms with E-state index in [4.69, 9.17) is 9.47 Å². The first-order chi connectivity index (χ1) is 13.8. The van der Waals surface area contributed by atoms with Crippen molar-refractivity contribution in [3.8, 4) is 5.75 Å². The van der Waals surface area contributed by atoms with Crippen LogP contribution in [0.4, 0.5) is 0 Å². The highest BCUT2D eigenvalue weighted by atomic mass is 32.2. The number of carbonyl (C=O) groups is 1. The van der Waals surface area contributed by atoms with Gasteiger partial charge in [0.05, 0.1) is 18.1 Å². The number of benzene rings is 1. The summed E-state index contributed by atoms with van der Waals surface area (Å²) in [6.45, 7) is 7.66. The third-order valence-corrected chi connectivity index (χ3v) is 8.06. The first kappa shape index (κ1) is 22.1. The van der Waals surface area contributed by atoms with Gasteiger partial charge in [-0.05, 0) is 49.4 Å². The van der Waals surface area contributed by atoms with E-state index in [0.29, 0.717) is 43.9 Å². The zero-order valence-corrected chi connectivity index (χ0v) is 18.3. The fourth-order valence-corrected chi connectivity index (χ4v) is 5.38.